The molecule has 0 unspecified atom stereocenters. The van der Waals surface area contributed by atoms with E-state index >= 15 is 0 Å². The minimum Gasteiger partial charge on any atom is -0.452 e. The lowest BCUT2D eigenvalue weighted by Gasteiger charge is -2.36. The van der Waals surface area contributed by atoms with E-state index in [-0.39, 0.29) is 0 Å². The molecule has 0 saturated carbocycles. The van der Waals surface area contributed by atoms with Crippen LogP contribution in [0.3, 0.4) is 0 Å². The molecule has 0 radical (unpaired) electrons. The number of hydrogen-bond acceptors (Lipinski definition) is 4. The molecule has 0 aromatic heterocycles. The highest BCUT2D eigenvalue weighted by molar-refractivity contribution is 8.00. The molecular formula is C82H50N2OS. The van der Waals surface area contributed by atoms with Crippen molar-refractivity contribution in [1.82, 2.24) is 0 Å². The predicted octanol–water partition coefficient (Wildman–Crippen LogP) is 23.9. The molecule has 0 saturated heterocycles. The van der Waals surface area contributed by atoms with Crippen LogP contribution >= 0.6 is 11.8 Å². The number of benzene rings is 16. The van der Waals surface area contributed by atoms with Gasteiger partial charge in [-0.1, -0.05) is 254 Å². The van der Waals surface area contributed by atoms with Crippen LogP contribution in [0.5, 0.6) is 11.5 Å². The lowest BCUT2D eigenvalue weighted by Crippen LogP contribution is -2.16. The standard InChI is InChI=1S/C82H50N2OS/c1-4-20-51(21-5-1)69-46-57-38-43-74-81(71(57)50-70(69)52-22-6-2-7-23-52)85-77-45-39-55(47-76(77)83(74)58-40-41-64-62-30-13-12-28-60(62)61-29-14-15-31-63(61)72(64)49-58)56-37-42-73-78(48-56)86-82-59-27-11-10-24-53(59)36-44-75(82)84(73)80-67-34-18-16-32-65(67)79(54-25-8-3-9-26-54)66-33-17-19-35-68(66)80/h1-50H. The zero-order valence-corrected chi connectivity index (χ0v) is 47.4. The molecule has 0 aliphatic carbocycles. The summed E-state index contributed by atoms with van der Waals surface area (Å²) >= 11 is 1.87. The molecule has 0 bridgehead atoms. The Morgan fingerprint density at radius 3 is 1.43 bits per heavy atom. The minimum atomic E-state index is 0.794. The summed E-state index contributed by atoms with van der Waals surface area (Å²) in [5.74, 6) is 1.62. The van der Waals surface area contributed by atoms with Gasteiger partial charge in [-0.3, -0.25) is 0 Å². The molecule has 2 aliphatic rings. The van der Waals surface area contributed by atoms with E-state index in [0.29, 0.717) is 0 Å². The third-order valence-electron chi connectivity index (χ3n) is 17.9. The van der Waals surface area contributed by atoms with Crippen molar-refractivity contribution in [3.63, 3.8) is 0 Å². The first-order chi connectivity index (χ1) is 42.7. The molecule has 0 atom stereocenters. The van der Waals surface area contributed by atoms with Gasteiger partial charge < -0.3 is 14.5 Å². The molecule has 3 nitrogen and oxygen atoms in total. The van der Waals surface area contributed by atoms with E-state index in [9.17, 15) is 0 Å². The Kier molecular flexibility index (Phi) is 10.9. The van der Waals surface area contributed by atoms with Gasteiger partial charge in [-0.05, 0) is 164 Å². The van der Waals surface area contributed by atoms with Crippen LogP contribution < -0.4 is 14.5 Å². The van der Waals surface area contributed by atoms with Crippen LogP contribution in [-0.2, 0) is 0 Å². The number of anilines is 6. The summed E-state index contributed by atoms with van der Waals surface area (Å²) in [6.07, 6.45) is 0. The fourth-order valence-electron chi connectivity index (χ4n) is 14.1. The van der Waals surface area contributed by atoms with Crippen LogP contribution in [-0.4, -0.2) is 0 Å². The Labute approximate surface area is 501 Å². The maximum absolute atomic E-state index is 7.37. The highest BCUT2D eigenvalue weighted by Gasteiger charge is 2.33. The third-order valence-corrected chi connectivity index (χ3v) is 19.1. The molecule has 0 spiro atoms. The largest absolute Gasteiger partial charge is 0.452 e. The van der Waals surface area contributed by atoms with E-state index in [1.54, 1.807) is 0 Å². The third kappa shape index (κ3) is 7.50. The van der Waals surface area contributed by atoms with Crippen LogP contribution in [0.25, 0.3) is 120 Å². The van der Waals surface area contributed by atoms with Crippen molar-refractivity contribution in [2.24, 2.45) is 0 Å². The van der Waals surface area contributed by atoms with Crippen molar-refractivity contribution in [3.8, 4) is 56.0 Å². The molecule has 400 valence electrons. The second-order valence-electron chi connectivity index (χ2n) is 22.6. The van der Waals surface area contributed by atoms with Gasteiger partial charge in [0.1, 0.15) is 0 Å². The summed E-state index contributed by atoms with van der Waals surface area (Å²) in [6, 6.07) is 112. The van der Waals surface area contributed by atoms with E-state index in [1.807, 2.05) is 11.8 Å². The Morgan fingerprint density at radius 2 is 0.767 bits per heavy atom. The first kappa shape index (κ1) is 48.6. The fraction of sp³-hybridized carbons (Fsp3) is 0. The van der Waals surface area contributed by atoms with E-state index < -0.39 is 0 Å². The van der Waals surface area contributed by atoms with E-state index in [1.165, 1.54) is 108 Å². The topological polar surface area (TPSA) is 15.7 Å². The second-order valence-corrected chi connectivity index (χ2v) is 23.7. The Hall–Kier alpha value is -10.9. The van der Waals surface area contributed by atoms with E-state index in [4.69, 9.17) is 4.74 Å². The zero-order chi connectivity index (χ0) is 56.4. The molecule has 0 N–H and O–H groups in total. The van der Waals surface area contributed by atoms with Crippen molar-refractivity contribution in [1.29, 1.82) is 0 Å². The summed E-state index contributed by atoms with van der Waals surface area (Å²) in [5.41, 5.74) is 15.9. The first-order valence-corrected chi connectivity index (χ1v) is 30.3. The average Bonchev–Trinajstić information content (AvgIpc) is 1.01. The molecule has 0 fully saturated rings. The summed E-state index contributed by atoms with van der Waals surface area (Å²) in [7, 11) is 0. The van der Waals surface area contributed by atoms with Gasteiger partial charge in [0.25, 0.3) is 0 Å². The van der Waals surface area contributed by atoms with Crippen molar-refractivity contribution < 1.29 is 4.74 Å². The van der Waals surface area contributed by atoms with E-state index in [2.05, 4.69) is 313 Å². The minimum absolute atomic E-state index is 0.794. The number of ether oxygens (including phenoxy) is 1. The second kappa shape index (κ2) is 19.3. The van der Waals surface area contributed by atoms with Crippen LogP contribution in [0.15, 0.2) is 313 Å². The van der Waals surface area contributed by atoms with Crippen LogP contribution in [0.2, 0.25) is 0 Å². The van der Waals surface area contributed by atoms with Gasteiger partial charge in [-0.25, -0.2) is 0 Å². The maximum Gasteiger partial charge on any atom is 0.159 e. The summed E-state index contributed by atoms with van der Waals surface area (Å²) in [6.45, 7) is 0. The first-order valence-electron chi connectivity index (χ1n) is 29.5. The van der Waals surface area contributed by atoms with Gasteiger partial charge in [0, 0.05) is 31.6 Å². The SMILES string of the molecule is c1ccc(-c2cc3ccc4c(c3cc2-c2ccccc2)Oc2ccc(-c3ccc5c(c3)Sc3c(ccc6ccccc36)N5c3c5ccccc5c(-c5ccccc5)c5ccccc35)cc2N4c2ccc3c4ccccc4c4ccccc4c3c2)cc1. The van der Waals surface area contributed by atoms with Crippen molar-refractivity contribution in [3.05, 3.63) is 303 Å². The number of hydrogen-bond donors (Lipinski definition) is 0. The Balaban J connectivity index is 0.845. The summed E-state index contributed by atoms with van der Waals surface area (Å²) in [5, 5.41) is 16.9. The number of nitrogens with zero attached hydrogens (tertiary/aromatic N) is 2. The highest BCUT2D eigenvalue weighted by atomic mass is 32.2. The molecule has 2 aliphatic heterocycles. The zero-order valence-electron chi connectivity index (χ0n) is 46.6. The lowest BCUT2D eigenvalue weighted by molar-refractivity contribution is 0.482. The number of fused-ring (bicyclic) bond motifs is 16. The van der Waals surface area contributed by atoms with Gasteiger partial charge in [0.05, 0.1) is 28.4 Å². The van der Waals surface area contributed by atoms with Gasteiger partial charge >= 0.3 is 0 Å². The fourth-order valence-corrected chi connectivity index (χ4v) is 15.3. The monoisotopic (exact) mass is 1110 g/mol. The van der Waals surface area contributed by atoms with Crippen molar-refractivity contribution in [2.75, 3.05) is 9.80 Å². The summed E-state index contributed by atoms with van der Waals surface area (Å²) < 4.78 is 7.37. The van der Waals surface area contributed by atoms with Crippen LogP contribution in [0.4, 0.5) is 34.1 Å². The van der Waals surface area contributed by atoms with Gasteiger partial charge in [-0.2, -0.15) is 0 Å². The predicted molar refractivity (Wildman–Crippen MR) is 364 cm³/mol. The van der Waals surface area contributed by atoms with Gasteiger partial charge in [0.2, 0.25) is 0 Å². The van der Waals surface area contributed by atoms with Crippen molar-refractivity contribution >= 4 is 121 Å². The molecule has 0 amide bonds. The highest BCUT2D eigenvalue weighted by Crippen LogP contribution is 2.59. The molecular weight excluding hydrogens is 1060 g/mol. The lowest BCUT2D eigenvalue weighted by atomic mass is 9.89. The number of rotatable bonds is 6. The smallest absolute Gasteiger partial charge is 0.159 e. The Bertz CT molecular complexity index is 5400. The molecule has 16 aromatic rings. The van der Waals surface area contributed by atoms with Gasteiger partial charge in [-0.15, -0.1) is 0 Å². The Morgan fingerprint density at radius 1 is 0.267 bits per heavy atom. The van der Waals surface area contributed by atoms with Crippen LogP contribution in [0.1, 0.15) is 0 Å². The molecule has 4 heteroatoms. The van der Waals surface area contributed by atoms with E-state index in [0.717, 1.165) is 67.3 Å². The molecule has 18 rings (SSSR count). The van der Waals surface area contributed by atoms with Gasteiger partial charge in [0.15, 0.2) is 11.5 Å². The maximum atomic E-state index is 7.37. The quantitative estimate of drug-likeness (QED) is 0.122. The van der Waals surface area contributed by atoms with Crippen molar-refractivity contribution in [2.45, 2.75) is 9.79 Å². The molecule has 16 aromatic carbocycles. The summed E-state index contributed by atoms with van der Waals surface area (Å²) in [4.78, 5) is 7.43. The van der Waals surface area contributed by atoms with Crippen LogP contribution in [0, 0.1) is 0 Å². The normalized spacial score (nSPS) is 12.7. The molecule has 86 heavy (non-hydrogen) atoms. The average molecular weight is 1110 g/mol. The molecule has 2 heterocycles.